The molecule has 0 heterocycles. The van der Waals surface area contributed by atoms with E-state index >= 15 is 0 Å². The summed E-state index contributed by atoms with van der Waals surface area (Å²) in [5.41, 5.74) is 1.00. The number of aliphatic carboxylic acids is 1. The third-order valence-electron chi connectivity index (χ3n) is 3.15. The lowest BCUT2D eigenvalue weighted by Crippen LogP contribution is -2.50. The number of aliphatic hydroxyl groups excluding tert-OH is 1. The number of carbonyl (C=O) groups is 1. The maximum Gasteiger partial charge on any atom is 0.314 e. The number of carboxylic acids is 1. The molecule has 0 atom stereocenters. The standard InChI is InChI=1S/C12H14O3/c1-8-3-2-4-9(5-8)12(11(14)15)6-10(13)7-12/h2-5,10,13H,6-7H2,1H3,(H,14,15). The molecule has 2 rings (SSSR count). The van der Waals surface area contributed by atoms with Crippen LogP contribution in [0.3, 0.4) is 0 Å². The predicted molar refractivity (Wildman–Crippen MR) is 55.7 cm³/mol. The van der Waals surface area contributed by atoms with Crippen LogP contribution in [-0.4, -0.2) is 22.3 Å². The molecular weight excluding hydrogens is 192 g/mol. The van der Waals surface area contributed by atoms with Gasteiger partial charge in [0.1, 0.15) is 0 Å². The fourth-order valence-electron chi connectivity index (χ4n) is 2.22. The Balaban J connectivity index is 2.39. The van der Waals surface area contributed by atoms with Crippen molar-refractivity contribution in [2.45, 2.75) is 31.3 Å². The van der Waals surface area contributed by atoms with Crippen LogP contribution >= 0.6 is 0 Å². The molecule has 1 aliphatic carbocycles. The zero-order valence-electron chi connectivity index (χ0n) is 8.60. The second-order valence-corrected chi connectivity index (χ2v) is 4.32. The highest BCUT2D eigenvalue weighted by Gasteiger charge is 2.51. The summed E-state index contributed by atoms with van der Waals surface area (Å²) >= 11 is 0. The van der Waals surface area contributed by atoms with E-state index in [0.29, 0.717) is 12.8 Å². The quantitative estimate of drug-likeness (QED) is 0.770. The van der Waals surface area contributed by atoms with Crippen LogP contribution in [0.2, 0.25) is 0 Å². The fourth-order valence-corrected chi connectivity index (χ4v) is 2.22. The number of aryl methyl sites for hydroxylation is 1. The first kappa shape index (κ1) is 10.2. The molecule has 1 fully saturated rings. The third-order valence-corrected chi connectivity index (χ3v) is 3.15. The summed E-state index contributed by atoms with van der Waals surface area (Å²) in [6.45, 7) is 1.94. The first-order valence-electron chi connectivity index (χ1n) is 5.03. The van der Waals surface area contributed by atoms with Gasteiger partial charge in [-0.15, -0.1) is 0 Å². The lowest BCUT2D eigenvalue weighted by Gasteiger charge is -2.42. The number of benzene rings is 1. The van der Waals surface area contributed by atoms with Gasteiger partial charge in [0, 0.05) is 0 Å². The first-order chi connectivity index (χ1) is 7.04. The van der Waals surface area contributed by atoms with Gasteiger partial charge in [0.05, 0.1) is 11.5 Å². The maximum absolute atomic E-state index is 11.2. The van der Waals surface area contributed by atoms with Crippen molar-refractivity contribution in [3.63, 3.8) is 0 Å². The van der Waals surface area contributed by atoms with Crippen molar-refractivity contribution in [1.29, 1.82) is 0 Å². The highest BCUT2D eigenvalue weighted by molar-refractivity contribution is 5.83. The van der Waals surface area contributed by atoms with Crippen LogP contribution < -0.4 is 0 Å². The smallest absolute Gasteiger partial charge is 0.314 e. The second kappa shape index (κ2) is 3.35. The second-order valence-electron chi connectivity index (χ2n) is 4.32. The molecule has 1 saturated carbocycles. The van der Waals surface area contributed by atoms with E-state index in [9.17, 15) is 15.0 Å². The first-order valence-corrected chi connectivity index (χ1v) is 5.03. The topological polar surface area (TPSA) is 57.5 Å². The highest BCUT2D eigenvalue weighted by atomic mass is 16.4. The number of carboxylic acid groups (broad SMARTS) is 1. The largest absolute Gasteiger partial charge is 0.481 e. The van der Waals surface area contributed by atoms with Crippen LogP contribution in [-0.2, 0) is 10.2 Å². The van der Waals surface area contributed by atoms with Crippen molar-refractivity contribution in [2.24, 2.45) is 0 Å². The van der Waals surface area contributed by atoms with Gasteiger partial charge in [0.15, 0.2) is 0 Å². The van der Waals surface area contributed by atoms with Crippen LogP contribution in [0.15, 0.2) is 24.3 Å². The Kier molecular flexibility index (Phi) is 2.27. The van der Waals surface area contributed by atoms with E-state index in [1.54, 1.807) is 0 Å². The normalized spacial score (nSPS) is 29.6. The summed E-state index contributed by atoms with van der Waals surface area (Å²) in [6.07, 6.45) is 0.180. The monoisotopic (exact) mass is 206 g/mol. The number of hydrogen-bond donors (Lipinski definition) is 2. The van der Waals surface area contributed by atoms with Crippen LogP contribution in [0.1, 0.15) is 24.0 Å². The maximum atomic E-state index is 11.2. The van der Waals surface area contributed by atoms with Crippen molar-refractivity contribution < 1.29 is 15.0 Å². The lowest BCUT2D eigenvalue weighted by atomic mass is 9.62. The highest BCUT2D eigenvalue weighted by Crippen LogP contribution is 2.44. The molecule has 0 bridgehead atoms. The third kappa shape index (κ3) is 1.53. The summed E-state index contributed by atoms with van der Waals surface area (Å²) < 4.78 is 0. The van der Waals surface area contributed by atoms with E-state index in [2.05, 4.69) is 0 Å². The molecule has 3 heteroatoms. The van der Waals surface area contributed by atoms with Crippen molar-refractivity contribution in [1.82, 2.24) is 0 Å². The minimum Gasteiger partial charge on any atom is -0.481 e. The van der Waals surface area contributed by atoms with E-state index in [1.165, 1.54) is 0 Å². The van der Waals surface area contributed by atoms with Gasteiger partial charge >= 0.3 is 5.97 Å². The molecule has 1 aliphatic rings. The van der Waals surface area contributed by atoms with E-state index in [-0.39, 0.29) is 0 Å². The van der Waals surface area contributed by atoms with Crippen molar-refractivity contribution in [2.75, 3.05) is 0 Å². The molecule has 1 aromatic rings. The van der Waals surface area contributed by atoms with Crippen molar-refractivity contribution in [3.05, 3.63) is 35.4 Å². The van der Waals surface area contributed by atoms with Gasteiger partial charge in [-0.1, -0.05) is 29.8 Å². The summed E-state index contributed by atoms with van der Waals surface area (Å²) in [5, 5.41) is 18.5. The fraction of sp³-hybridized carbons (Fsp3) is 0.417. The van der Waals surface area contributed by atoms with Crippen molar-refractivity contribution >= 4 is 5.97 Å². The van der Waals surface area contributed by atoms with Gasteiger partial charge in [0.2, 0.25) is 0 Å². The number of hydrogen-bond acceptors (Lipinski definition) is 2. The Labute approximate surface area is 88.4 Å². The molecule has 2 N–H and O–H groups in total. The minimum absolute atomic E-state index is 0.325. The molecule has 1 aromatic carbocycles. The lowest BCUT2D eigenvalue weighted by molar-refractivity contribution is -0.152. The molecule has 0 amide bonds. The molecule has 0 aliphatic heterocycles. The summed E-state index contributed by atoms with van der Waals surface area (Å²) in [4.78, 5) is 11.2. The van der Waals surface area contributed by atoms with Crippen molar-refractivity contribution in [3.8, 4) is 0 Å². The molecule has 80 valence electrons. The van der Waals surface area contributed by atoms with Gasteiger partial charge < -0.3 is 10.2 Å². The van der Waals surface area contributed by atoms with Crippen LogP contribution in [0.5, 0.6) is 0 Å². The molecule has 0 unspecified atom stereocenters. The molecule has 0 aromatic heterocycles. The zero-order valence-corrected chi connectivity index (χ0v) is 8.60. The minimum atomic E-state index is -0.856. The average molecular weight is 206 g/mol. The van der Waals surface area contributed by atoms with Gasteiger partial charge in [-0.2, -0.15) is 0 Å². The zero-order chi connectivity index (χ0) is 11.1. The summed E-state index contributed by atoms with van der Waals surface area (Å²) in [7, 11) is 0. The van der Waals surface area contributed by atoms with E-state index in [0.717, 1.165) is 11.1 Å². The summed E-state index contributed by atoms with van der Waals surface area (Å²) in [5.74, 6) is -0.835. The van der Waals surface area contributed by atoms with Gasteiger partial charge in [-0.25, -0.2) is 0 Å². The van der Waals surface area contributed by atoms with Gasteiger partial charge in [-0.3, -0.25) is 4.79 Å². The number of aliphatic hydroxyl groups is 1. The van der Waals surface area contributed by atoms with E-state index in [1.807, 2.05) is 31.2 Å². The Hall–Kier alpha value is -1.35. The van der Waals surface area contributed by atoms with Gasteiger partial charge in [-0.05, 0) is 25.3 Å². The SMILES string of the molecule is Cc1cccc(C2(C(=O)O)CC(O)C2)c1. The van der Waals surface area contributed by atoms with Crippen LogP contribution in [0, 0.1) is 6.92 Å². The average Bonchev–Trinajstić information content (AvgIpc) is 2.12. The van der Waals surface area contributed by atoms with Crippen LogP contribution in [0.4, 0.5) is 0 Å². The molecular formula is C12H14O3. The Morgan fingerprint density at radius 2 is 2.13 bits per heavy atom. The Morgan fingerprint density at radius 3 is 2.60 bits per heavy atom. The molecule has 15 heavy (non-hydrogen) atoms. The number of rotatable bonds is 2. The van der Waals surface area contributed by atoms with Gasteiger partial charge in [0.25, 0.3) is 0 Å². The summed E-state index contributed by atoms with van der Waals surface area (Å²) in [6, 6.07) is 7.52. The molecule has 0 spiro atoms. The van der Waals surface area contributed by atoms with Crippen LogP contribution in [0.25, 0.3) is 0 Å². The van der Waals surface area contributed by atoms with E-state index < -0.39 is 17.5 Å². The molecule has 0 radical (unpaired) electrons. The predicted octanol–water partition coefficient (Wildman–Crippen LogP) is 1.47. The molecule has 3 nitrogen and oxygen atoms in total. The molecule has 0 saturated heterocycles. The Bertz CT molecular complexity index is 392. The Morgan fingerprint density at radius 1 is 1.47 bits per heavy atom. The van der Waals surface area contributed by atoms with E-state index in [4.69, 9.17) is 0 Å².